The molecule has 2 heterocycles. The molecule has 5 rings (SSSR count). The van der Waals surface area contributed by atoms with Crippen LogP contribution in [0, 0.1) is 12.3 Å². The van der Waals surface area contributed by atoms with Crippen molar-refractivity contribution in [2.75, 3.05) is 7.05 Å². The summed E-state index contributed by atoms with van der Waals surface area (Å²) < 4.78 is 0. The molecule has 3 aliphatic rings. The third-order valence-corrected chi connectivity index (χ3v) is 6.88. The molecule has 2 atom stereocenters. The van der Waals surface area contributed by atoms with Crippen LogP contribution < -0.4 is 0 Å². The molecule has 2 aromatic carbocycles. The molecule has 3 nitrogen and oxygen atoms in total. The van der Waals surface area contributed by atoms with Crippen molar-refractivity contribution in [2.45, 2.75) is 51.7 Å². The number of nitrogens with zero attached hydrogens (tertiary/aromatic N) is 2. The molecule has 26 heavy (non-hydrogen) atoms. The Morgan fingerprint density at radius 2 is 1.65 bits per heavy atom. The van der Waals surface area contributed by atoms with E-state index < -0.39 is 0 Å². The zero-order chi connectivity index (χ0) is 18.5. The number of rotatable bonds is 4. The summed E-state index contributed by atoms with van der Waals surface area (Å²) in [5.74, 6) is 0. The molecule has 3 fully saturated rings. The molecule has 2 aromatic rings. The lowest BCUT2D eigenvalue weighted by Gasteiger charge is -2.72. The van der Waals surface area contributed by atoms with Gasteiger partial charge in [-0.1, -0.05) is 74.0 Å². The third kappa shape index (κ3) is 2.37. The number of carbonyl (C=O) groups excluding carboxylic acids is 1. The fourth-order valence-corrected chi connectivity index (χ4v) is 5.03. The first-order valence-corrected chi connectivity index (χ1v) is 9.49. The van der Waals surface area contributed by atoms with Crippen molar-refractivity contribution in [3.63, 3.8) is 0 Å². The molecule has 0 aromatic heterocycles. The van der Waals surface area contributed by atoms with Crippen molar-refractivity contribution in [1.82, 2.24) is 9.80 Å². The van der Waals surface area contributed by atoms with Gasteiger partial charge in [-0.25, -0.2) is 4.79 Å². The Morgan fingerprint density at radius 3 is 2.27 bits per heavy atom. The average molecular weight is 348 g/mol. The molecule has 3 heteroatoms. The summed E-state index contributed by atoms with van der Waals surface area (Å²) in [7, 11) is 1.96. The van der Waals surface area contributed by atoms with Gasteiger partial charge in [0, 0.05) is 25.0 Å². The van der Waals surface area contributed by atoms with Crippen LogP contribution in [0.3, 0.4) is 0 Å². The third-order valence-electron chi connectivity index (χ3n) is 6.88. The van der Waals surface area contributed by atoms with Crippen molar-refractivity contribution in [3.05, 3.63) is 71.3 Å². The Kier molecular flexibility index (Phi) is 3.87. The maximum atomic E-state index is 13.2. The van der Waals surface area contributed by atoms with Crippen LogP contribution in [0.4, 0.5) is 4.79 Å². The van der Waals surface area contributed by atoms with Gasteiger partial charge in [-0.2, -0.15) is 0 Å². The molecule has 136 valence electrons. The topological polar surface area (TPSA) is 23.6 Å². The van der Waals surface area contributed by atoms with Crippen molar-refractivity contribution in [1.29, 1.82) is 0 Å². The first-order valence-electron chi connectivity index (χ1n) is 9.49. The molecule has 0 radical (unpaired) electrons. The van der Waals surface area contributed by atoms with E-state index >= 15 is 0 Å². The summed E-state index contributed by atoms with van der Waals surface area (Å²) in [4.78, 5) is 17.3. The summed E-state index contributed by atoms with van der Waals surface area (Å²) >= 11 is 0. The fraction of sp³-hybridized carbons (Fsp3) is 0.435. The summed E-state index contributed by atoms with van der Waals surface area (Å²) in [6.07, 6.45) is 1.96. The van der Waals surface area contributed by atoms with Crippen LogP contribution >= 0.6 is 0 Å². The Bertz CT molecular complexity index is 812. The van der Waals surface area contributed by atoms with Crippen molar-refractivity contribution in [2.24, 2.45) is 5.41 Å². The quantitative estimate of drug-likeness (QED) is 0.789. The SMILES string of the molecule is Cc1ccc(CC23CC(N(C)C(=O)N2Cc2ccccc2)C3(C)C)cc1. The van der Waals surface area contributed by atoms with Crippen LogP contribution in [0.15, 0.2) is 54.6 Å². The number of benzene rings is 2. The van der Waals surface area contributed by atoms with Gasteiger partial charge in [0.15, 0.2) is 0 Å². The van der Waals surface area contributed by atoms with Crippen molar-refractivity contribution < 1.29 is 4.79 Å². The highest BCUT2D eigenvalue weighted by atomic mass is 16.2. The van der Waals surface area contributed by atoms with Crippen molar-refractivity contribution >= 4 is 6.03 Å². The largest absolute Gasteiger partial charge is 0.324 e. The van der Waals surface area contributed by atoms with E-state index in [0.717, 1.165) is 12.8 Å². The van der Waals surface area contributed by atoms with Crippen LogP contribution in [0.2, 0.25) is 0 Å². The Labute approximate surface area is 156 Å². The van der Waals surface area contributed by atoms with E-state index in [0.29, 0.717) is 12.6 Å². The molecular formula is C23H28N2O. The average Bonchev–Trinajstić information content (AvgIpc) is 2.63. The van der Waals surface area contributed by atoms with Crippen LogP contribution in [-0.4, -0.2) is 34.5 Å². The Morgan fingerprint density at radius 1 is 1.00 bits per heavy atom. The second kappa shape index (κ2) is 5.87. The number of aryl methyl sites for hydroxylation is 1. The number of amides is 2. The van der Waals surface area contributed by atoms with Gasteiger partial charge in [0.1, 0.15) is 0 Å². The van der Waals surface area contributed by atoms with E-state index in [2.05, 4.69) is 74.2 Å². The molecule has 0 N–H and O–H groups in total. The van der Waals surface area contributed by atoms with Gasteiger partial charge in [0.05, 0.1) is 5.54 Å². The Hall–Kier alpha value is -2.29. The number of carbonyl (C=O) groups is 1. The number of urea groups is 1. The Balaban J connectivity index is 1.72. The van der Waals surface area contributed by atoms with Crippen LogP contribution in [0.5, 0.6) is 0 Å². The maximum Gasteiger partial charge on any atom is 0.320 e. The molecule has 2 bridgehead atoms. The second-order valence-corrected chi connectivity index (χ2v) is 8.60. The van der Waals surface area contributed by atoms with E-state index in [9.17, 15) is 4.79 Å². The van der Waals surface area contributed by atoms with Gasteiger partial charge < -0.3 is 9.80 Å². The minimum atomic E-state index is -0.119. The predicted octanol–water partition coefficient (Wildman–Crippen LogP) is 4.64. The lowest BCUT2D eigenvalue weighted by Crippen LogP contribution is -2.83. The maximum absolute atomic E-state index is 13.2. The molecular weight excluding hydrogens is 320 g/mol. The predicted molar refractivity (Wildman–Crippen MR) is 105 cm³/mol. The molecule has 2 saturated heterocycles. The first-order chi connectivity index (χ1) is 12.3. The van der Waals surface area contributed by atoms with Gasteiger partial charge in [0.25, 0.3) is 0 Å². The number of hydrogen-bond acceptors (Lipinski definition) is 1. The van der Waals surface area contributed by atoms with E-state index in [1.807, 2.05) is 18.0 Å². The lowest BCUT2D eigenvalue weighted by atomic mass is 9.48. The molecule has 1 aliphatic carbocycles. The normalized spacial score (nSPS) is 26.6. The summed E-state index contributed by atoms with van der Waals surface area (Å²) in [6, 6.07) is 19.6. The first kappa shape index (κ1) is 17.1. The van der Waals surface area contributed by atoms with Gasteiger partial charge in [-0.15, -0.1) is 0 Å². The number of fused-ring (bicyclic) bond motifs is 2. The summed E-state index contributed by atoms with van der Waals surface area (Å²) in [5.41, 5.74) is 3.73. The molecule has 2 amide bonds. The van der Waals surface area contributed by atoms with Gasteiger partial charge >= 0.3 is 6.03 Å². The molecule has 2 aliphatic heterocycles. The zero-order valence-electron chi connectivity index (χ0n) is 16.2. The lowest BCUT2D eigenvalue weighted by molar-refractivity contribution is -0.177. The molecule has 0 spiro atoms. The van der Waals surface area contributed by atoms with Crippen molar-refractivity contribution in [3.8, 4) is 0 Å². The van der Waals surface area contributed by atoms with E-state index in [1.165, 1.54) is 16.7 Å². The van der Waals surface area contributed by atoms with E-state index in [4.69, 9.17) is 0 Å². The highest BCUT2D eigenvalue weighted by Crippen LogP contribution is 2.60. The molecule has 1 saturated carbocycles. The van der Waals surface area contributed by atoms with Crippen LogP contribution in [0.1, 0.15) is 37.0 Å². The summed E-state index contributed by atoms with van der Waals surface area (Å²) in [5, 5.41) is 0. The van der Waals surface area contributed by atoms with Gasteiger partial charge in [0.2, 0.25) is 0 Å². The highest BCUT2D eigenvalue weighted by molar-refractivity contribution is 5.79. The monoisotopic (exact) mass is 348 g/mol. The van der Waals surface area contributed by atoms with Crippen LogP contribution in [-0.2, 0) is 13.0 Å². The van der Waals surface area contributed by atoms with Crippen LogP contribution in [0.25, 0.3) is 0 Å². The minimum Gasteiger partial charge on any atom is -0.324 e. The van der Waals surface area contributed by atoms with E-state index in [1.54, 1.807) is 0 Å². The van der Waals surface area contributed by atoms with Gasteiger partial charge in [-0.05, 0) is 30.9 Å². The second-order valence-electron chi connectivity index (χ2n) is 8.60. The fourth-order valence-electron chi connectivity index (χ4n) is 5.03. The highest BCUT2D eigenvalue weighted by Gasteiger charge is 2.69. The van der Waals surface area contributed by atoms with E-state index in [-0.39, 0.29) is 17.0 Å². The number of hydrogen-bond donors (Lipinski definition) is 0. The van der Waals surface area contributed by atoms with Gasteiger partial charge in [-0.3, -0.25) is 0 Å². The smallest absolute Gasteiger partial charge is 0.320 e. The standard InChI is InChI=1S/C23H28N2O/c1-17-10-12-18(13-11-17)14-23-15-20(22(23,2)3)24(4)21(26)25(23)16-19-8-6-5-7-9-19/h5-13,20H,14-16H2,1-4H3. The summed E-state index contributed by atoms with van der Waals surface area (Å²) in [6.45, 7) is 7.45. The zero-order valence-corrected chi connectivity index (χ0v) is 16.2. The minimum absolute atomic E-state index is 0.0648. The molecule has 2 unspecified atom stereocenters.